The number of rotatable bonds is 2. The van der Waals surface area contributed by atoms with Crippen LogP contribution in [0, 0.1) is 0 Å². The summed E-state index contributed by atoms with van der Waals surface area (Å²) in [6.07, 6.45) is -4.48. The number of benzene rings is 2. The molecule has 0 heterocycles. The molecule has 0 aromatic heterocycles. The normalized spacial score (nSPS) is 12.1. The van der Waals surface area contributed by atoms with Crippen LogP contribution in [0.2, 0.25) is 5.02 Å². The maximum atomic E-state index is 12.6. The minimum absolute atomic E-state index is 0.0360. The molecule has 2 rings (SSSR count). The number of alkyl halides is 3. The van der Waals surface area contributed by atoms with Gasteiger partial charge in [-0.2, -0.15) is 13.2 Å². The average Bonchev–Trinajstić information content (AvgIpc) is 2.47. The van der Waals surface area contributed by atoms with Crippen molar-refractivity contribution in [2.45, 2.75) is 32.4 Å². The Balaban J connectivity index is 2.18. The van der Waals surface area contributed by atoms with Gasteiger partial charge in [0.2, 0.25) is 0 Å². The summed E-state index contributed by atoms with van der Waals surface area (Å²) in [6, 6.07) is 9.87. The fourth-order valence-corrected chi connectivity index (χ4v) is 2.34. The molecule has 0 fully saturated rings. The highest BCUT2D eigenvalue weighted by Crippen LogP contribution is 2.34. The molecule has 1 N–H and O–H groups in total. The summed E-state index contributed by atoms with van der Waals surface area (Å²) in [5, 5.41) is 2.36. The first kappa shape index (κ1) is 18.3. The lowest BCUT2D eigenvalue weighted by molar-refractivity contribution is -0.137. The molecule has 0 bridgehead atoms. The maximum absolute atomic E-state index is 12.6. The van der Waals surface area contributed by atoms with Crippen molar-refractivity contribution >= 4 is 23.2 Å². The topological polar surface area (TPSA) is 29.1 Å². The van der Waals surface area contributed by atoms with Crippen molar-refractivity contribution in [1.82, 2.24) is 0 Å². The van der Waals surface area contributed by atoms with Crippen molar-refractivity contribution in [3.63, 3.8) is 0 Å². The molecule has 0 spiro atoms. The molecule has 0 aliphatic heterocycles. The lowest BCUT2D eigenvalue weighted by Crippen LogP contribution is -2.15. The monoisotopic (exact) mass is 355 g/mol. The first-order valence-electron chi connectivity index (χ1n) is 7.27. The Labute approximate surface area is 143 Å². The van der Waals surface area contributed by atoms with Gasteiger partial charge in [-0.3, -0.25) is 4.79 Å². The third kappa shape index (κ3) is 4.29. The summed E-state index contributed by atoms with van der Waals surface area (Å²) in [5.41, 5.74) is 0.714. The van der Waals surface area contributed by atoms with E-state index in [0.29, 0.717) is 5.56 Å². The standard InChI is InChI=1S/C18H17ClF3NO/c1-17(2,3)12-6-4-11(5-7-12)16(24)23-15-9-8-13(10-14(15)19)18(20,21)22/h4-10H,1-3H3,(H,23,24). The molecule has 0 radical (unpaired) electrons. The summed E-state index contributed by atoms with van der Waals surface area (Å²) >= 11 is 5.84. The molecule has 0 saturated heterocycles. The lowest BCUT2D eigenvalue weighted by atomic mass is 9.87. The Morgan fingerprint density at radius 2 is 1.50 bits per heavy atom. The van der Waals surface area contributed by atoms with Crippen LogP contribution in [0.25, 0.3) is 0 Å². The maximum Gasteiger partial charge on any atom is 0.416 e. The molecule has 6 heteroatoms. The van der Waals surface area contributed by atoms with E-state index in [4.69, 9.17) is 11.6 Å². The second-order valence-corrected chi connectivity index (χ2v) is 6.88. The van der Waals surface area contributed by atoms with Gasteiger partial charge in [0.15, 0.2) is 0 Å². The number of carbonyl (C=O) groups excluding carboxylic acids is 1. The van der Waals surface area contributed by atoms with E-state index in [9.17, 15) is 18.0 Å². The summed E-state index contributed by atoms with van der Waals surface area (Å²) in [6.45, 7) is 6.18. The molecule has 0 aliphatic carbocycles. The fraction of sp³-hybridized carbons (Fsp3) is 0.278. The molecule has 0 unspecified atom stereocenters. The molecule has 2 nitrogen and oxygen atoms in total. The molecular weight excluding hydrogens is 339 g/mol. The Morgan fingerprint density at radius 3 is 1.96 bits per heavy atom. The average molecular weight is 356 g/mol. The van der Waals surface area contributed by atoms with Gasteiger partial charge in [-0.15, -0.1) is 0 Å². The summed E-state index contributed by atoms with van der Waals surface area (Å²) in [5.74, 6) is -0.433. The Kier molecular flexibility index (Phi) is 4.95. The molecule has 2 aromatic rings. The molecule has 24 heavy (non-hydrogen) atoms. The van der Waals surface area contributed by atoms with Crippen LogP contribution < -0.4 is 5.32 Å². The number of hydrogen-bond donors (Lipinski definition) is 1. The molecule has 0 aliphatic rings. The molecule has 128 valence electrons. The van der Waals surface area contributed by atoms with Crippen molar-refractivity contribution in [2.24, 2.45) is 0 Å². The van der Waals surface area contributed by atoms with E-state index in [-0.39, 0.29) is 16.1 Å². The van der Waals surface area contributed by atoms with Crippen LogP contribution in [0.15, 0.2) is 42.5 Å². The zero-order chi connectivity index (χ0) is 18.1. The Bertz CT molecular complexity index is 746. The SMILES string of the molecule is CC(C)(C)c1ccc(C(=O)Nc2ccc(C(F)(F)F)cc2Cl)cc1. The van der Waals surface area contributed by atoms with E-state index in [2.05, 4.69) is 26.1 Å². The van der Waals surface area contributed by atoms with Crippen molar-refractivity contribution in [2.75, 3.05) is 5.32 Å². The van der Waals surface area contributed by atoms with Crippen LogP contribution in [0.3, 0.4) is 0 Å². The van der Waals surface area contributed by atoms with Gasteiger partial charge >= 0.3 is 6.18 Å². The molecule has 2 aromatic carbocycles. The van der Waals surface area contributed by atoms with E-state index in [1.807, 2.05) is 12.1 Å². The van der Waals surface area contributed by atoms with Crippen molar-refractivity contribution < 1.29 is 18.0 Å². The van der Waals surface area contributed by atoms with Crippen LogP contribution in [0.1, 0.15) is 42.3 Å². The number of nitrogens with one attached hydrogen (secondary N) is 1. The van der Waals surface area contributed by atoms with E-state index in [1.54, 1.807) is 12.1 Å². The smallest absolute Gasteiger partial charge is 0.321 e. The first-order valence-corrected chi connectivity index (χ1v) is 7.65. The van der Waals surface area contributed by atoms with E-state index < -0.39 is 17.6 Å². The molecule has 0 atom stereocenters. The van der Waals surface area contributed by atoms with Gasteiger partial charge in [-0.25, -0.2) is 0 Å². The van der Waals surface area contributed by atoms with Crippen molar-refractivity contribution in [1.29, 1.82) is 0 Å². The lowest BCUT2D eigenvalue weighted by Gasteiger charge is -2.19. The quantitative estimate of drug-likeness (QED) is 0.713. The second kappa shape index (κ2) is 6.48. The number of hydrogen-bond acceptors (Lipinski definition) is 1. The predicted octanol–water partition coefficient (Wildman–Crippen LogP) is 5.91. The van der Waals surface area contributed by atoms with Crippen molar-refractivity contribution in [3.05, 3.63) is 64.2 Å². The fourth-order valence-electron chi connectivity index (χ4n) is 2.11. The minimum atomic E-state index is -4.48. The number of carbonyl (C=O) groups is 1. The minimum Gasteiger partial charge on any atom is -0.321 e. The summed E-state index contributed by atoms with van der Waals surface area (Å²) in [4.78, 5) is 12.2. The number of amides is 1. The van der Waals surface area contributed by atoms with Crippen LogP contribution in [-0.4, -0.2) is 5.91 Å². The zero-order valence-corrected chi connectivity index (χ0v) is 14.2. The van der Waals surface area contributed by atoms with Gasteiger partial charge in [-0.1, -0.05) is 44.5 Å². The molecule has 1 amide bonds. The van der Waals surface area contributed by atoms with Gasteiger partial charge in [0, 0.05) is 5.56 Å². The number of halogens is 4. The summed E-state index contributed by atoms with van der Waals surface area (Å²) < 4.78 is 37.8. The molecular formula is C18H17ClF3NO. The highest BCUT2D eigenvalue weighted by Gasteiger charge is 2.31. The van der Waals surface area contributed by atoms with Gasteiger partial charge in [-0.05, 0) is 41.3 Å². The van der Waals surface area contributed by atoms with Gasteiger partial charge in [0.25, 0.3) is 5.91 Å². The zero-order valence-electron chi connectivity index (χ0n) is 13.5. The largest absolute Gasteiger partial charge is 0.416 e. The van der Waals surface area contributed by atoms with Crippen molar-refractivity contribution in [3.8, 4) is 0 Å². The van der Waals surface area contributed by atoms with E-state index in [0.717, 1.165) is 23.8 Å². The first-order chi connectivity index (χ1) is 11.0. The van der Waals surface area contributed by atoms with Gasteiger partial charge in [0.1, 0.15) is 0 Å². The predicted molar refractivity (Wildman–Crippen MR) is 89.5 cm³/mol. The number of anilines is 1. The van der Waals surface area contributed by atoms with E-state index in [1.165, 1.54) is 0 Å². The van der Waals surface area contributed by atoms with E-state index >= 15 is 0 Å². The summed E-state index contributed by atoms with van der Waals surface area (Å²) in [7, 11) is 0. The van der Waals surface area contributed by atoms with Crippen LogP contribution in [-0.2, 0) is 11.6 Å². The van der Waals surface area contributed by atoms with Gasteiger partial charge < -0.3 is 5.32 Å². The third-order valence-electron chi connectivity index (χ3n) is 3.56. The highest BCUT2D eigenvalue weighted by atomic mass is 35.5. The van der Waals surface area contributed by atoms with Crippen LogP contribution in [0.5, 0.6) is 0 Å². The van der Waals surface area contributed by atoms with Crippen LogP contribution in [0.4, 0.5) is 18.9 Å². The highest BCUT2D eigenvalue weighted by molar-refractivity contribution is 6.34. The molecule has 0 saturated carbocycles. The Morgan fingerprint density at radius 1 is 0.958 bits per heavy atom. The van der Waals surface area contributed by atoms with Gasteiger partial charge in [0.05, 0.1) is 16.3 Å². The van der Waals surface area contributed by atoms with Crippen LogP contribution >= 0.6 is 11.6 Å². The Hall–Kier alpha value is -2.01. The second-order valence-electron chi connectivity index (χ2n) is 6.47. The third-order valence-corrected chi connectivity index (χ3v) is 3.87.